The maximum absolute atomic E-state index is 14.2. The number of anilines is 2. The molecule has 2 amide bonds. The lowest BCUT2D eigenvalue weighted by Gasteiger charge is -2.29. The van der Waals surface area contributed by atoms with Crippen molar-refractivity contribution in [3.63, 3.8) is 0 Å². The van der Waals surface area contributed by atoms with Gasteiger partial charge in [-0.3, -0.25) is 19.2 Å². The highest BCUT2D eigenvalue weighted by Gasteiger charge is 2.36. The van der Waals surface area contributed by atoms with Crippen molar-refractivity contribution in [1.29, 1.82) is 0 Å². The summed E-state index contributed by atoms with van der Waals surface area (Å²) in [5.74, 6) is -3.60. The maximum Gasteiger partial charge on any atom is 0.321 e. The van der Waals surface area contributed by atoms with Gasteiger partial charge in [-0.2, -0.15) is 4.31 Å². The lowest BCUT2D eigenvalue weighted by molar-refractivity contribution is -0.141. The molecule has 3 aromatic carbocycles. The molecule has 2 aliphatic heterocycles. The molecule has 53 heavy (non-hydrogen) atoms. The third kappa shape index (κ3) is 8.75. The van der Waals surface area contributed by atoms with Crippen LogP contribution in [0.2, 0.25) is 0 Å². The Morgan fingerprint density at radius 3 is 1.57 bits per heavy atom. The molecule has 2 aliphatic rings. The van der Waals surface area contributed by atoms with Gasteiger partial charge in [-0.15, -0.1) is 3.71 Å². The highest BCUT2D eigenvalue weighted by Crippen LogP contribution is 2.34. The van der Waals surface area contributed by atoms with E-state index in [1.807, 2.05) is 0 Å². The number of amides is 2. The Labute approximate surface area is 313 Å². The molecule has 17 heteroatoms. The summed E-state index contributed by atoms with van der Waals surface area (Å²) in [6.07, 6.45) is 2.18. The van der Waals surface area contributed by atoms with Crippen LogP contribution in [0.4, 0.5) is 11.4 Å². The normalized spacial score (nSPS) is 17.1. The van der Waals surface area contributed by atoms with Crippen LogP contribution in [0, 0.1) is 5.92 Å². The van der Waals surface area contributed by atoms with Crippen LogP contribution in [0.15, 0.2) is 82.6 Å². The number of aliphatic carboxylic acids is 2. The number of nitrogens with zero attached hydrogens (tertiary/aromatic N) is 4. The third-order valence-electron chi connectivity index (χ3n) is 9.53. The van der Waals surface area contributed by atoms with Gasteiger partial charge in [0, 0.05) is 49.1 Å². The first-order chi connectivity index (χ1) is 25.0. The fraction of sp³-hybridized carbons (Fsp3) is 0.389. The summed E-state index contributed by atoms with van der Waals surface area (Å²) in [5.41, 5.74) is 1.76. The van der Waals surface area contributed by atoms with E-state index in [0.717, 1.165) is 20.0 Å². The molecule has 14 nitrogen and oxygen atoms in total. The van der Waals surface area contributed by atoms with Gasteiger partial charge in [0.15, 0.2) is 0 Å². The Balaban J connectivity index is 1.48. The standard InChI is InChI=1S/C36H42N4O10S3/c1-24(35(43)44)26(3)51-40(53(49,50)32-18-14-30(15-19-32)38-21-7-11-34(38)42)23-28-9-5-4-8-27(28)22-39(25(2)36(45)46)52(47,48)31-16-12-29(13-17-31)37-20-6-10-33(37)41/h4-5,8-9,12-19,24-26H,6-7,10-11,20-23H2,1-3H3,(H,43,44)(H,45,46)/t24?,25-,26-/m0/s1. The van der Waals surface area contributed by atoms with Crippen molar-refractivity contribution in [2.75, 3.05) is 22.9 Å². The zero-order chi connectivity index (χ0) is 38.7. The number of hydrogen-bond donors (Lipinski definition) is 2. The van der Waals surface area contributed by atoms with Gasteiger partial charge in [0.05, 0.1) is 22.3 Å². The van der Waals surface area contributed by atoms with E-state index in [0.29, 0.717) is 61.3 Å². The summed E-state index contributed by atoms with van der Waals surface area (Å²) in [6, 6.07) is 16.4. The van der Waals surface area contributed by atoms with Crippen LogP contribution < -0.4 is 9.80 Å². The lowest BCUT2D eigenvalue weighted by atomic mass is 10.1. The molecule has 0 radical (unpaired) electrons. The fourth-order valence-electron chi connectivity index (χ4n) is 6.07. The molecule has 0 aliphatic carbocycles. The summed E-state index contributed by atoms with van der Waals surface area (Å²) in [5, 5.41) is 19.0. The molecule has 2 heterocycles. The Hall–Kier alpha value is -4.29. The first kappa shape index (κ1) is 39.9. The second kappa shape index (κ2) is 16.4. The Morgan fingerprint density at radius 2 is 1.15 bits per heavy atom. The molecule has 2 saturated heterocycles. The van der Waals surface area contributed by atoms with E-state index < -0.39 is 55.7 Å². The van der Waals surface area contributed by atoms with E-state index >= 15 is 0 Å². The molecule has 1 unspecified atom stereocenters. The second-order valence-corrected chi connectivity index (χ2v) is 18.4. The number of carbonyl (C=O) groups excluding carboxylic acids is 2. The van der Waals surface area contributed by atoms with Gasteiger partial charge >= 0.3 is 11.9 Å². The van der Waals surface area contributed by atoms with Crippen molar-refractivity contribution < 1.29 is 46.2 Å². The molecule has 5 rings (SSSR count). The number of carboxylic acid groups (broad SMARTS) is 2. The molecule has 0 spiro atoms. The van der Waals surface area contributed by atoms with Crippen LogP contribution in [0.25, 0.3) is 0 Å². The van der Waals surface area contributed by atoms with Gasteiger partial charge in [0.2, 0.25) is 21.8 Å². The minimum absolute atomic E-state index is 0.0604. The van der Waals surface area contributed by atoms with E-state index in [9.17, 15) is 46.2 Å². The Bertz CT molecular complexity index is 2080. The first-order valence-corrected chi connectivity index (χ1v) is 20.8. The molecule has 0 bridgehead atoms. The molecule has 3 aromatic rings. The zero-order valence-electron chi connectivity index (χ0n) is 29.5. The van der Waals surface area contributed by atoms with Gasteiger partial charge in [-0.25, -0.2) is 16.8 Å². The fourth-order valence-corrected chi connectivity index (χ4v) is 10.7. The topological polar surface area (TPSA) is 190 Å². The van der Waals surface area contributed by atoms with E-state index in [1.54, 1.807) is 53.1 Å². The van der Waals surface area contributed by atoms with Gasteiger partial charge in [-0.05, 0) is 79.4 Å². The molecular formula is C36H42N4O10S3. The SMILES string of the molecule is CC(C(=O)O)[C@H](C)SN(Cc1ccccc1CN([C@@H](C)C(=O)O)S(=O)(=O)c1ccc(N2CCCC2=O)cc1)S(=O)(=O)c1ccc(N2CCCC2=O)cc1. The predicted molar refractivity (Wildman–Crippen MR) is 199 cm³/mol. The number of hydrogen-bond acceptors (Lipinski definition) is 9. The van der Waals surface area contributed by atoms with Crippen molar-refractivity contribution in [3.8, 4) is 0 Å². The number of carboxylic acids is 2. The molecule has 284 valence electrons. The van der Waals surface area contributed by atoms with Gasteiger partial charge in [0.25, 0.3) is 10.0 Å². The third-order valence-corrected chi connectivity index (χ3v) is 14.9. The maximum atomic E-state index is 14.2. The smallest absolute Gasteiger partial charge is 0.321 e. The van der Waals surface area contributed by atoms with Crippen molar-refractivity contribution in [3.05, 3.63) is 83.9 Å². The highest BCUT2D eigenvalue weighted by molar-refractivity contribution is 8.08. The molecule has 0 aromatic heterocycles. The number of carbonyl (C=O) groups is 4. The van der Waals surface area contributed by atoms with Crippen LogP contribution in [0.3, 0.4) is 0 Å². The molecule has 3 atom stereocenters. The predicted octanol–water partition coefficient (Wildman–Crippen LogP) is 4.55. The quantitative estimate of drug-likeness (QED) is 0.194. The number of rotatable bonds is 16. The summed E-state index contributed by atoms with van der Waals surface area (Å²) in [7, 11) is -8.77. The minimum Gasteiger partial charge on any atom is -0.481 e. The summed E-state index contributed by atoms with van der Waals surface area (Å²) < 4.78 is 58.5. The van der Waals surface area contributed by atoms with Crippen LogP contribution >= 0.6 is 11.9 Å². The molecule has 2 fully saturated rings. The molecule has 0 saturated carbocycles. The van der Waals surface area contributed by atoms with Crippen molar-refractivity contribution in [2.24, 2.45) is 5.92 Å². The largest absolute Gasteiger partial charge is 0.481 e. The second-order valence-electron chi connectivity index (χ2n) is 13.0. The average Bonchev–Trinajstić information content (AvgIpc) is 3.77. The zero-order valence-corrected chi connectivity index (χ0v) is 31.9. The summed E-state index contributed by atoms with van der Waals surface area (Å²) in [6.45, 7) is 4.57. The van der Waals surface area contributed by atoms with Crippen molar-refractivity contribution in [1.82, 2.24) is 8.02 Å². The first-order valence-electron chi connectivity index (χ1n) is 17.1. The van der Waals surface area contributed by atoms with Crippen LogP contribution in [-0.4, -0.2) is 83.2 Å². The molecule has 2 N–H and O–H groups in total. The summed E-state index contributed by atoms with van der Waals surface area (Å²) in [4.78, 5) is 51.5. The van der Waals surface area contributed by atoms with Crippen molar-refractivity contribution >= 4 is 67.1 Å². The van der Waals surface area contributed by atoms with Gasteiger partial charge < -0.3 is 20.0 Å². The van der Waals surface area contributed by atoms with Crippen LogP contribution in [0.1, 0.15) is 57.6 Å². The Morgan fingerprint density at radius 1 is 0.698 bits per heavy atom. The number of benzene rings is 3. The monoisotopic (exact) mass is 786 g/mol. The summed E-state index contributed by atoms with van der Waals surface area (Å²) >= 11 is 0.807. The lowest BCUT2D eigenvalue weighted by Crippen LogP contribution is -2.43. The van der Waals surface area contributed by atoms with E-state index in [1.165, 1.54) is 50.2 Å². The minimum atomic E-state index is -4.45. The van der Waals surface area contributed by atoms with Crippen LogP contribution in [-0.2, 0) is 52.3 Å². The van der Waals surface area contributed by atoms with Gasteiger partial charge in [-0.1, -0.05) is 50.1 Å². The van der Waals surface area contributed by atoms with E-state index in [2.05, 4.69) is 0 Å². The average molecular weight is 787 g/mol. The Kier molecular flexibility index (Phi) is 12.3. The molecular weight excluding hydrogens is 745 g/mol. The highest BCUT2D eigenvalue weighted by atomic mass is 32.3. The van der Waals surface area contributed by atoms with Crippen molar-refractivity contribution in [2.45, 2.75) is 80.6 Å². The van der Waals surface area contributed by atoms with E-state index in [-0.39, 0.29) is 28.2 Å². The van der Waals surface area contributed by atoms with Gasteiger partial charge in [0.1, 0.15) is 6.04 Å². The number of sulfonamides is 2. The van der Waals surface area contributed by atoms with Crippen LogP contribution in [0.5, 0.6) is 0 Å². The van der Waals surface area contributed by atoms with E-state index in [4.69, 9.17) is 0 Å².